The second-order valence-electron chi connectivity index (χ2n) is 7.12. The van der Waals surface area contributed by atoms with Gasteiger partial charge in [0.1, 0.15) is 0 Å². The van der Waals surface area contributed by atoms with E-state index in [0.29, 0.717) is 17.8 Å². The van der Waals surface area contributed by atoms with Gasteiger partial charge in [-0.25, -0.2) is 0 Å². The molecule has 0 saturated carbocycles. The number of fused-ring (bicyclic) bond motifs is 1. The number of hydrogen-bond acceptors (Lipinski definition) is 2. The molecule has 3 aromatic carbocycles. The number of amides is 2. The molecule has 1 heterocycles. The van der Waals surface area contributed by atoms with Crippen molar-refractivity contribution in [1.82, 2.24) is 10.3 Å². The molecule has 3 N–H and O–H groups in total. The Morgan fingerprint density at radius 3 is 2.43 bits per heavy atom. The summed E-state index contributed by atoms with van der Waals surface area (Å²) in [4.78, 5) is 28.5. The number of aromatic amines is 1. The zero-order valence-electron chi connectivity index (χ0n) is 16.5. The number of aromatic nitrogens is 1. The molecule has 30 heavy (non-hydrogen) atoms. The smallest absolute Gasteiger partial charge is 0.253 e. The van der Waals surface area contributed by atoms with Crippen molar-refractivity contribution in [3.8, 4) is 0 Å². The fraction of sp³-hybridized carbons (Fsp3) is 0.120. The Balaban J connectivity index is 1.39. The number of benzene rings is 3. The van der Waals surface area contributed by atoms with Crippen LogP contribution in [0.5, 0.6) is 0 Å². The first-order valence-electron chi connectivity index (χ1n) is 9.97. The molecule has 5 nitrogen and oxygen atoms in total. The maximum atomic E-state index is 12.7. The Bertz CT molecular complexity index is 1170. The summed E-state index contributed by atoms with van der Waals surface area (Å²) in [7, 11) is 0. The molecule has 1 aromatic heterocycles. The molecule has 2 amide bonds. The maximum Gasteiger partial charge on any atom is 0.253 e. The highest BCUT2D eigenvalue weighted by Crippen LogP contribution is 2.20. The number of carbonyl (C=O) groups excluding carboxylic acids is 2. The van der Waals surface area contributed by atoms with E-state index in [0.717, 1.165) is 28.5 Å². The summed E-state index contributed by atoms with van der Waals surface area (Å²) in [6, 6.07) is 24.9. The maximum absolute atomic E-state index is 12.7. The van der Waals surface area contributed by atoms with Gasteiger partial charge in [0.05, 0.1) is 17.7 Å². The van der Waals surface area contributed by atoms with Crippen LogP contribution < -0.4 is 10.6 Å². The number of H-pyrrole nitrogens is 1. The van der Waals surface area contributed by atoms with E-state index in [2.05, 4.69) is 15.6 Å². The van der Waals surface area contributed by atoms with Crippen molar-refractivity contribution < 1.29 is 9.59 Å². The van der Waals surface area contributed by atoms with Gasteiger partial charge in [0, 0.05) is 23.6 Å². The third kappa shape index (κ3) is 4.58. The molecule has 0 unspecified atom stereocenters. The monoisotopic (exact) mass is 397 g/mol. The van der Waals surface area contributed by atoms with Crippen LogP contribution in [0.2, 0.25) is 0 Å². The Morgan fingerprint density at radius 1 is 0.833 bits per heavy atom. The number of hydrogen-bond donors (Lipinski definition) is 3. The minimum Gasteiger partial charge on any atom is -0.361 e. The van der Waals surface area contributed by atoms with Crippen LogP contribution >= 0.6 is 0 Å². The van der Waals surface area contributed by atoms with Gasteiger partial charge in [-0.3, -0.25) is 9.59 Å². The first-order chi connectivity index (χ1) is 14.7. The lowest BCUT2D eigenvalue weighted by atomic mass is 10.1. The molecule has 0 aliphatic heterocycles. The second kappa shape index (κ2) is 9.09. The Morgan fingerprint density at radius 2 is 1.57 bits per heavy atom. The number of para-hydroxylation sites is 2. The molecule has 5 heteroatoms. The van der Waals surface area contributed by atoms with E-state index >= 15 is 0 Å². The van der Waals surface area contributed by atoms with Crippen molar-refractivity contribution in [3.05, 3.63) is 102 Å². The molecule has 0 aliphatic rings. The van der Waals surface area contributed by atoms with Gasteiger partial charge in [0.2, 0.25) is 5.91 Å². The number of anilines is 1. The summed E-state index contributed by atoms with van der Waals surface area (Å²) in [5.41, 5.74) is 4.06. The highest BCUT2D eigenvalue weighted by Gasteiger charge is 2.14. The predicted molar refractivity (Wildman–Crippen MR) is 120 cm³/mol. The Labute approximate surface area is 175 Å². The Hall–Kier alpha value is -3.86. The van der Waals surface area contributed by atoms with Gasteiger partial charge in [-0.05, 0) is 35.7 Å². The molecule has 0 saturated heterocycles. The van der Waals surface area contributed by atoms with Gasteiger partial charge in [-0.1, -0.05) is 60.7 Å². The number of carbonyl (C=O) groups is 2. The third-order valence-corrected chi connectivity index (χ3v) is 5.01. The summed E-state index contributed by atoms with van der Waals surface area (Å²) >= 11 is 0. The molecular weight excluding hydrogens is 374 g/mol. The van der Waals surface area contributed by atoms with Crippen molar-refractivity contribution in [2.24, 2.45) is 0 Å². The summed E-state index contributed by atoms with van der Waals surface area (Å²) in [6.07, 6.45) is 2.84. The number of nitrogens with one attached hydrogen (secondary N) is 3. The lowest BCUT2D eigenvalue weighted by Crippen LogP contribution is -2.27. The minimum absolute atomic E-state index is 0.163. The quantitative estimate of drug-likeness (QED) is 0.434. The average Bonchev–Trinajstić information content (AvgIpc) is 3.17. The predicted octanol–water partition coefficient (Wildman–Crippen LogP) is 4.32. The van der Waals surface area contributed by atoms with Crippen molar-refractivity contribution in [2.45, 2.75) is 12.8 Å². The first kappa shape index (κ1) is 19.5. The molecule has 0 atom stereocenters. The van der Waals surface area contributed by atoms with Crippen molar-refractivity contribution in [2.75, 3.05) is 11.9 Å². The van der Waals surface area contributed by atoms with E-state index in [4.69, 9.17) is 0 Å². The highest BCUT2D eigenvalue weighted by atomic mass is 16.2. The van der Waals surface area contributed by atoms with Crippen LogP contribution in [0.3, 0.4) is 0 Å². The lowest BCUT2D eigenvalue weighted by Gasteiger charge is -2.11. The van der Waals surface area contributed by atoms with Gasteiger partial charge in [-0.2, -0.15) is 0 Å². The number of rotatable bonds is 7. The zero-order valence-corrected chi connectivity index (χ0v) is 16.5. The standard InChI is InChI=1S/C25H23N3O2/c29-24(16-19-17-27-22-12-6-4-10-20(19)22)28-23-13-7-5-11-21(23)25(30)26-15-14-18-8-2-1-3-9-18/h1-13,17,27H,14-16H2,(H,26,30)(H,28,29). The van der Waals surface area contributed by atoms with Crippen LogP contribution in [0.15, 0.2) is 85.1 Å². The zero-order chi connectivity index (χ0) is 20.8. The van der Waals surface area contributed by atoms with Gasteiger partial charge < -0.3 is 15.6 Å². The van der Waals surface area contributed by atoms with E-state index in [9.17, 15) is 9.59 Å². The molecule has 4 rings (SSSR count). The van der Waals surface area contributed by atoms with Crippen LogP contribution in [-0.4, -0.2) is 23.3 Å². The summed E-state index contributed by atoms with van der Waals surface area (Å²) in [5, 5.41) is 6.85. The molecular formula is C25H23N3O2. The molecule has 4 aromatic rings. The van der Waals surface area contributed by atoms with E-state index in [-0.39, 0.29) is 18.2 Å². The molecule has 150 valence electrons. The van der Waals surface area contributed by atoms with Gasteiger partial charge in [0.15, 0.2) is 0 Å². The minimum atomic E-state index is -0.200. The van der Waals surface area contributed by atoms with Crippen molar-refractivity contribution in [3.63, 3.8) is 0 Å². The third-order valence-electron chi connectivity index (χ3n) is 5.01. The normalized spacial score (nSPS) is 10.7. The molecule has 0 radical (unpaired) electrons. The largest absolute Gasteiger partial charge is 0.361 e. The van der Waals surface area contributed by atoms with Crippen LogP contribution in [0.4, 0.5) is 5.69 Å². The summed E-state index contributed by atoms with van der Waals surface area (Å²) in [6.45, 7) is 0.528. The van der Waals surface area contributed by atoms with E-state index < -0.39 is 0 Å². The van der Waals surface area contributed by atoms with Crippen molar-refractivity contribution in [1.29, 1.82) is 0 Å². The molecule has 0 fully saturated rings. The second-order valence-corrected chi connectivity index (χ2v) is 7.12. The van der Waals surface area contributed by atoms with Gasteiger partial charge in [-0.15, -0.1) is 0 Å². The summed E-state index contributed by atoms with van der Waals surface area (Å²) in [5.74, 6) is -0.363. The fourth-order valence-corrected chi connectivity index (χ4v) is 3.50. The van der Waals surface area contributed by atoms with Crippen molar-refractivity contribution >= 4 is 28.4 Å². The molecule has 0 bridgehead atoms. The summed E-state index contributed by atoms with van der Waals surface area (Å²) < 4.78 is 0. The van der Waals surface area contributed by atoms with Crippen LogP contribution in [0.1, 0.15) is 21.5 Å². The molecule has 0 aliphatic carbocycles. The van der Waals surface area contributed by atoms with Gasteiger partial charge >= 0.3 is 0 Å². The lowest BCUT2D eigenvalue weighted by molar-refractivity contribution is -0.115. The first-order valence-corrected chi connectivity index (χ1v) is 9.97. The average molecular weight is 397 g/mol. The topological polar surface area (TPSA) is 74.0 Å². The van der Waals surface area contributed by atoms with Crippen LogP contribution in [-0.2, 0) is 17.6 Å². The highest BCUT2D eigenvalue weighted by molar-refractivity contribution is 6.04. The van der Waals surface area contributed by atoms with E-state index in [1.807, 2.05) is 66.9 Å². The SMILES string of the molecule is O=C(Cc1c[nH]c2ccccc12)Nc1ccccc1C(=O)NCCc1ccccc1. The Kier molecular flexibility index (Phi) is 5.90. The molecule has 0 spiro atoms. The van der Waals surface area contributed by atoms with E-state index in [1.165, 1.54) is 0 Å². The van der Waals surface area contributed by atoms with Crippen LogP contribution in [0, 0.1) is 0 Å². The van der Waals surface area contributed by atoms with Crippen LogP contribution in [0.25, 0.3) is 10.9 Å². The van der Waals surface area contributed by atoms with Gasteiger partial charge in [0.25, 0.3) is 5.91 Å². The van der Waals surface area contributed by atoms with E-state index in [1.54, 1.807) is 18.2 Å². The fourth-order valence-electron chi connectivity index (χ4n) is 3.50.